The number of benzene rings is 1. The van der Waals surface area contributed by atoms with E-state index in [1.807, 2.05) is 31.6 Å². The van der Waals surface area contributed by atoms with Crippen molar-refractivity contribution in [1.29, 1.82) is 0 Å². The fraction of sp³-hybridized carbons (Fsp3) is 0.471. The zero-order valence-corrected chi connectivity index (χ0v) is 13.8. The van der Waals surface area contributed by atoms with Crippen LogP contribution in [0.15, 0.2) is 24.5 Å². The molecule has 0 unspecified atom stereocenters. The van der Waals surface area contributed by atoms with Gasteiger partial charge >= 0.3 is 0 Å². The summed E-state index contributed by atoms with van der Waals surface area (Å²) in [6.07, 6.45) is 2.25. The Hall–Kier alpha value is -2.05. The van der Waals surface area contributed by atoms with Crippen LogP contribution in [-0.2, 0) is 20.0 Å². The highest BCUT2D eigenvalue weighted by Gasteiger charge is 2.22. The zero-order valence-electron chi connectivity index (χ0n) is 13.8. The number of aliphatic hydroxyl groups is 1. The predicted octanol–water partition coefficient (Wildman–Crippen LogP) is 1.53. The van der Waals surface area contributed by atoms with Crippen LogP contribution in [0.2, 0.25) is 0 Å². The van der Waals surface area contributed by atoms with Crippen LogP contribution in [0.1, 0.15) is 23.1 Å². The Bertz CT molecular complexity index is 684. The molecular weight excluding hydrogens is 294 g/mol. The first kappa shape index (κ1) is 15.8. The molecule has 2 aromatic rings. The number of β-amino-alcohol motifs (C(OH)–C–C–N with tert-alkyl or cyclic N) is 1. The van der Waals surface area contributed by atoms with Gasteiger partial charge in [-0.05, 0) is 17.7 Å². The highest BCUT2D eigenvalue weighted by atomic mass is 16.5. The molecule has 0 fully saturated rings. The van der Waals surface area contributed by atoms with Gasteiger partial charge in [0, 0.05) is 38.8 Å². The lowest BCUT2D eigenvalue weighted by Crippen LogP contribution is -2.34. The summed E-state index contributed by atoms with van der Waals surface area (Å²) >= 11 is 0. The van der Waals surface area contributed by atoms with Gasteiger partial charge in [0.2, 0.25) is 0 Å². The Morgan fingerprint density at radius 1 is 1.26 bits per heavy atom. The van der Waals surface area contributed by atoms with E-state index in [-0.39, 0.29) is 0 Å². The smallest absolute Gasteiger partial charge is 0.161 e. The molecule has 1 aromatic heterocycles. The van der Waals surface area contributed by atoms with E-state index in [1.165, 1.54) is 5.69 Å². The molecule has 0 saturated carbocycles. The van der Waals surface area contributed by atoms with Crippen LogP contribution in [0.3, 0.4) is 0 Å². The third kappa shape index (κ3) is 3.18. The van der Waals surface area contributed by atoms with Crippen molar-refractivity contribution in [2.75, 3.05) is 27.3 Å². The van der Waals surface area contributed by atoms with Crippen molar-refractivity contribution in [3.05, 3.63) is 41.5 Å². The number of rotatable bonds is 5. The minimum Gasteiger partial charge on any atom is -0.493 e. The Kier molecular flexibility index (Phi) is 4.54. The van der Waals surface area contributed by atoms with E-state index in [4.69, 9.17) is 9.47 Å². The van der Waals surface area contributed by atoms with Crippen LogP contribution in [0.25, 0.3) is 0 Å². The summed E-state index contributed by atoms with van der Waals surface area (Å²) in [6, 6.07) is 5.53. The highest BCUT2D eigenvalue weighted by Crippen LogP contribution is 2.30. The van der Waals surface area contributed by atoms with Crippen LogP contribution in [0.4, 0.5) is 0 Å². The first-order valence-corrected chi connectivity index (χ1v) is 7.73. The SMILES string of the molecule is COc1ccc([C@@H](O)CN2CCc3c(ncn3C)C2)cc1OC. The molecule has 1 aromatic carbocycles. The first-order chi connectivity index (χ1) is 11.1. The van der Waals surface area contributed by atoms with Gasteiger partial charge in [-0.15, -0.1) is 0 Å². The largest absolute Gasteiger partial charge is 0.493 e. The number of fused-ring (bicyclic) bond motifs is 1. The number of nitrogens with zero attached hydrogens (tertiary/aromatic N) is 3. The maximum Gasteiger partial charge on any atom is 0.161 e. The van der Waals surface area contributed by atoms with Gasteiger partial charge in [-0.2, -0.15) is 0 Å². The molecule has 0 spiro atoms. The van der Waals surface area contributed by atoms with Gasteiger partial charge in [0.05, 0.1) is 32.3 Å². The molecule has 0 saturated heterocycles. The number of imidazole rings is 1. The molecule has 1 aliphatic rings. The summed E-state index contributed by atoms with van der Waals surface area (Å²) in [7, 11) is 5.23. The molecular formula is C17H23N3O3. The lowest BCUT2D eigenvalue weighted by atomic mass is 10.1. The van der Waals surface area contributed by atoms with E-state index in [2.05, 4.69) is 14.5 Å². The van der Waals surface area contributed by atoms with Crippen molar-refractivity contribution in [3.63, 3.8) is 0 Å². The number of aliphatic hydroxyl groups excluding tert-OH is 1. The van der Waals surface area contributed by atoms with Crippen LogP contribution in [-0.4, -0.2) is 46.9 Å². The monoisotopic (exact) mass is 317 g/mol. The molecule has 23 heavy (non-hydrogen) atoms. The van der Waals surface area contributed by atoms with E-state index in [1.54, 1.807) is 14.2 Å². The fourth-order valence-electron chi connectivity index (χ4n) is 3.08. The summed E-state index contributed by atoms with van der Waals surface area (Å²) in [5, 5.41) is 10.5. The second-order valence-electron chi connectivity index (χ2n) is 5.86. The van der Waals surface area contributed by atoms with Gasteiger partial charge in [0.1, 0.15) is 0 Å². The number of aryl methyl sites for hydroxylation is 1. The molecule has 0 amide bonds. The van der Waals surface area contributed by atoms with Crippen molar-refractivity contribution in [2.24, 2.45) is 7.05 Å². The second-order valence-corrected chi connectivity index (χ2v) is 5.86. The summed E-state index contributed by atoms with van der Waals surface area (Å²) in [6.45, 7) is 2.28. The molecule has 6 heteroatoms. The topological polar surface area (TPSA) is 59.8 Å². The van der Waals surface area contributed by atoms with Crippen LogP contribution < -0.4 is 9.47 Å². The molecule has 1 atom stereocenters. The molecule has 3 rings (SSSR count). The van der Waals surface area contributed by atoms with E-state index in [0.29, 0.717) is 18.0 Å². The van der Waals surface area contributed by atoms with E-state index < -0.39 is 6.10 Å². The van der Waals surface area contributed by atoms with Crippen molar-refractivity contribution < 1.29 is 14.6 Å². The van der Waals surface area contributed by atoms with Crippen LogP contribution in [0, 0.1) is 0 Å². The molecule has 0 bridgehead atoms. The van der Waals surface area contributed by atoms with Crippen LogP contribution in [0.5, 0.6) is 11.5 Å². The maximum atomic E-state index is 10.5. The summed E-state index contributed by atoms with van der Waals surface area (Å²) in [5.74, 6) is 1.30. The average molecular weight is 317 g/mol. The minimum atomic E-state index is -0.569. The average Bonchev–Trinajstić information content (AvgIpc) is 2.94. The van der Waals surface area contributed by atoms with Gasteiger partial charge in [-0.1, -0.05) is 6.07 Å². The number of methoxy groups -OCH3 is 2. The normalized spacial score (nSPS) is 16.0. The van der Waals surface area contributed by atoms with Gasteiger partial charge < -0.3 is 19.1 Å². The standard InChI is InChI=1S/C17H23N3O3/c1-19-11-18-13-9-20(7-6-14(13)19)10-15(21)12-4-5-16(22-2)17(8-12)23-3/h4-5,8,11,15,21H,6-7,9-10H2,1-3H3/t15-/m0/s1. The Morgan fingerprint density at radius 3 is 2.78 bits per heavy atom. The van der Waals surface area contributed by atoms with Crippen LogP contribution >= 0.6 is 0 Å². The molecule has 124 valence electrons. The number of hydrogen-bond donors (Lipinski definition) is 1. The summed E-state index contributed by atoms with van der Waals surface area (Å²) in [4.78, 5) is 6.67. The molecule has 0 aliphatic carbocycles. The number of hydrogen-bond acceptors (Lipinski definition) is 5. The van der Waals surface area contributed by atoms with E-state index >= 15 is 0 Å². The molecule has 1 aliphatic heterocycles. The van der Waals surface area contributed by atoms with Crippen molar-refractivity contribution >= 4 is 0 Å². The molecule has 2 heterocycles. The highest BCUT2D eigenvalue weighted by molar-refractivity contribution is 5.43. The first-order valence-electron chi connectivity index (χ1n) is 7.73. The van der Waals surface area contributed by atoms with Gasteiger partial charge in [0.25, 0.3) is 0 Å². The molecule has 0 radical (unpaired) electrons. The Balaban J connectivity index is 1.69. The lowest BCUT2D eigenvalue weighted by Gasteiger charge is -2.28. The third-order valence-corrected chi connectivity index (χ3v) is 4.41. The minimum absolute atomic E-state index is 0.569. The molecule has 6 nitrogen and oxygen atoms in total. The Labute approximate surface area is 136 Å². The third-order valence-electron chi connectivity index (χ3n) is 4.41. The van der Waals surface area contributed by atoms with Crippen molar-refractivity contribution in [3.8, 4) is 11.5 Å². The second kappa shape index (κ2) is 6.60. The number of aromatic nitrogens is 2. The quantitative estimate of drug-likeness (QED) is 0.906. The fourth-order valence-corrected chi connectivity index (χ4v) is 3.08. The van der Waals surface area contributed by atoms with E-state index in [9.17, 15) is 5.11 Å². The lowest BCUT2D eigenvalue weighted by molar-refractivity contribution is 0.104. The number of ether oxygens (including phenoxy) is 2. The van der Waals surface area contributed by atoms with Gasteiger partial charge in [-0.3, -0.25) is 4.90 Å². The Morgan fingerprint density at radius 2 is 2.04 bits per heavy atom. The summed E-state index contributed by atoms with van der Waals surface area (Å²) < 4.78 is 12.6. The van der Waals surface area contributed by atoms with Gasteiger partial charge in [0.15, 0.2) is 11.5 Å². The predicted molar refractivity (Wildman–Crippen MR) is 86.7 cm³/mol. The summed E-state index contributed by atoms with van der Waals surface area (Å²) in [5.41, 5.74) is 3.23. The van der Waals surface area contributed by atoms with Crippen molar-refractivity contribution in [2.45, 2.75) is 19.1 Å². The van der Waals surface area contributed by atoms with Gasteiger partial charge in [-0.25, -0.2) is 4.98 Å². The maximum absolute atomic E-state index is 10.5. The van der Waals surface area contributed by atoms with E-state index in [0.717, 1.165) is 30.8 Å². The van der Waals surface area contributed by atoms with Crippen molar-refractivity contribution in [1.82, 2.24) is 14.5 Å². The molecule has 1 N–H and O–H groups in total. The zero-order chi connectivity index (χ0) is 16.4.